The van der Waals surface area contributed by atoms with E-state index < -0.39 is 0 Å². The molecule has 2 heteroatoms. The third-order valence-corrected chi connectivity index (χ3v) is 0.827. The summed E-state index contributed by atoms with van der Waals surface area (Å²) < 4.78 is 0. The average Bonchev–Trinajstić information content (AvgIpc) is 1.83. The summed E-state index contributed by atoms with van der Waals surface area (Å²) in [5.41, 5.74) is 0. The summed E-state index contributed by atoms with van der Waals surface area (Å²) in [5.74, 6) is 0. The molecule has 0 heterocycles. The number of hydrogen-bond acceptors (Lipinski definition) is 2. The number of hydrazone groups is 1. The molecule has 0 aromatic rings. The van der Waals surface area contributed by atoms with Crippen LogP contribution in [0.1, 0.15) is 6.92 Å². The zero-order valence-electron chi connectivity index (χ0n) is 5.46. The molecule has 0 aromatic carbocycles. The van der Waals surface area contributed by atoms with Crippen molar-refractivity contribution in [3.05, 3.63) is 12.7 Å². The molecule has 8 heavy (non-hydrogen) atoms. The first-order chi connectivity index (χ1) is 3.81. The van der Waals surface area contributed by atoms with Gasteiger partial charge in [-0.3, -0.25) is 0 Å². The smallest absolute Gasteiger partial charge is 0.0464 e. The van der Waals surface area contributed by atoms with Crippen molar-refractivity contribution < 1.29 is 0 Å². The number of hydrogen-bond donors (Lipinski definition) is 0. The van der Waals surface area contributed by atoms with E-state index in [4.69, 9.17) is 0 Å². The van der Waals surface area contributed by atoms with E-state index in [1.807, 2.05) is 19.0 Å². The van der Waals surface area contributed by atoms with Crippen LogP contribution in [-0.2, 0) is 0 Å². The van der Waals surface area contributed by atoms with Crippen LogP contribution in [0, 0.1) is 0 Å². The molecular weight excluding hydrogens is 100 g/mol. The van der Waals surface area contributed by atoms with Gasteiger partial charge in [0.2, 0.25) is 0 Å². The molecule has 46 valence electrons. The van der Waals surface area contributed by atoms with E-state index in [9.17, 15) is 0 Å². The van der Waals surface area contributed by atoms with Gasteiger partial charge < -0.3 is 5.01 Å². The molecule has 0 aliphatic rings. The predicted molar refractivity (Wildman–Crippen MR) is 37.0 cm³/mol. The van der Waals surface area contributed by atoms with Gasteiger partial charge in [0.05, 0.1) is 0 Å². The molecule has 2 nitrogen and oxygen atoms in total. The molecule has 0 spiro atoms. The molecule has 0 saturated heterocycles. The van der Waals surface area contributed by atoms with Crippen LogP contribution in [0.25, 0.3) is 0 Å². The van der Waals surface area contributed by atoms with Gasteiger partial charge in [0, 0.05) is 19.8 Å². The lowest BCUT2D eigenvalue weighted by Gasteiger charge is -2.06. The third kappa shape index (κ3) is 3.40. The second kappa shape index (κ2) is 4.37. The first kappa shape index (κ1) is 7.21. The molecule has 0 N–H and O–H groups in total. The quantitative estimate of drug-likeness (QED) is 0.394. The first-order valence-electron chi connectivity index (χ1n) is 2.67. The fraction of sp³-hybridized carbons (Fsp3) is 0.500. The van der Waals surface area contributed by atoms with E-state index in [-0.39, 0.29) is 0 Å². The molecule has 0 aromatic heterocycles. The Morgan fingerprint density at radius 3 is 2.75 bits per heavy atom. The van der Waals surface area contributed by atoms with Crippen LogP contribution >= 0.6 is 0 Å². The van der Waals surface area contributed by atoms with Gasteiger partial charge in [-0.1, -0.05) is 6.58 Å². The maximum absolute atomic E-state index is 3.95. The third-order valence-electron chi connectivity index (χ3n) is 0.827. The molecule has 0 amide bonds. The second-order valence-corrected chi connectivity index (χ2v) is 1.47. The summed E-state index contributed by atoms with van der Waals surface area (Å²) in [4.78, 5) is 0. The van der Waals surface area contributed by atoms with Gasteiger partial charge in [-0.25, -0.2) is 0 Å². The minimum Gasteiger partial charge on any atom is -0.300 e. The van der Waals surface area contributed by atoms with Crippen LogP contribution in [0.4, 0.5) is 0 Å². The fourth-order valence-electron chi connectivity index (χ4n) is 0.243. The predicted octanol–water partition coefficient (Wildman–Crippen LogP) is 1.11. The van der Waals surface area contributed by atoms with Crippen LogP contribution in [0.5, 0.6) is 0 Å². The van der Waals surface area contributed by atoms with Crippen LogP contribution in [-0.4, -0.2) is 24.8 Å². The molecule has 0 unspecified atom stereocenters. The molecule has 0 radical (unpaired) electrons. The normalized spacial score (nSPS) is 9.75. The van der Waals surface area contributed by atoms with E-state index >= 15 is 0 Å². The molecular formula is C6H12N2. The fourth-order valence-corrected chi connectivity index (χ4v) is 0.243. The maximum Gasteiger partial charge on any atom is 0.0464 e. The largest absolute Gasteiger partial charge is 0.300 e. The summed E-state index contributed by atoms with van der Waals surface area (Å²) in [6.45, 7) is 6.47. The average molecular weight is 112 g/mol. The van der Waals surface area contributed by atoms with E-state index in [2.05, 4.69) is 11.7 Å². The van der Waals surface area contributed by atoms with Crippen molar-refractivity contribution in [3.63, 3.8) is 0 Å². The Hall–Kier alpha value is -0.790. The zero-order valence-corrected chi connectivity index (χ0v) is 5.46. The Morgan fingerprint density at radius 2 is 2.38 bits per heavy atom. The van der Waals surface area contributed by atoms with Crippen LogP contribution in [0.15, 0.2) is 17.8 Å². The Bertz CT molecular complexity index is 86.5. The Kier molecular flexibility index (Phi) is 3.94. The van der Waals surface area contributed by atoms with Gasteiger partial charge in [0.15, 0.2) is 0 Å². The van der Waals surface area contributed by atoms with Gasteiger partial charge in [0.25, 0.3) is 0 Å². The van der Waals surface area contributed by atoms with Crippen LogP contribution in [0.3, 0.4) is 0 Å². The maximum atomic E-state index is 3.95. The van der Waals surface area contributed by atoms with E-state index in [1.54, 1.807) is 12.3 Å². The number of allylic oxidation sites excluding steroid dienone is 1. The van der Waals surface area contributed by atoms with Crippen molar-refractivity contribution in [2.45, 2.75) is 6.92 Å². The lowest BCUT2D eigenvalue weighted by molar-refractivity contribution is 0.378. The van der Waals surface area contributed by atoms with Crippen molar-refractivity contribution in [2.24, 2.45) is 5.10 Å². The SMILES string of the molecule is C=C/C=N/N(C)CC. The summed E-state index contributed by atoms with van der Waals surface area (Å²) in [6, 6.07) is 0. The standard InChI is InChI=1S/C6H12N2/c1-4-6-7-8(3)5-2/h4,6H,1,5H2,2-3H3/b7-6+. The van der Waals surface area contributed by atoms with Gasteiger partial charge in [-0.15, -0.1) is 0 Å². The lowest BCUT2D eigenvalue weighted by Crippen LogP contribution is -2.08. The molecule has 0 fully saturated rings. The summed E-state index contributed by atoms with van der Waals surface area (Å²) in [7, 11) is 1.92. The van der Waals surface area contributed by atoms with Crippen molar-refractivity contribution in [2.75, 3.05) is 13.6 Å². The summed E-state index contributed by atoms with van der Waals surface area (Å²) >= 11 is 0. The Morgan fingerprint density at radius 1 is 1.75 bits per heavy atom. The highest BCUT2D eigenvalue weighted by molar-refractivity contribution is 5.69. The van der Waals surface area contributed by atoms with E-state index in [0.29, 0.717) is 0 Å². The van der Waals surface area contributed by atoms with E-state index in [1.165, 1.54) is 0 Å². The molecule has 0 rings (SSSR count). The van der Waals surface area contributed by atoms with Crippen LogP contribution < -0.4 is 0 Å². The lowest BCUT2D eigenvalue weighted by atomic mass is 10.7. The van der Waals surface area contributed by atoms with Gasteiger partial charge in [0.1, 0.15) is 0 Å². The molecule has 0 saturated carbocycles. The molecule has 0 aliphatic carbocycles. The van der Waals surface area contributed by atoms with Crippen molar-refractivity contribution in [1.82, 2.24) is 5.01 Å². The number of nitrogens with zero attached hydrogens (tertiary/aromatic N) is 2. The minimum absolute atomic E-state index is 0.935. The van der Waals surface area contributed by atoms with Gasteiger partial charge in [-0.2, -0.15) is 5.10 Å². The topological polar surface area (TPSA) is 15.6 Å². The first-order valence-corrected chi connectivity index (χ1v) is 2.67. The van der Waals surface area contributed by atoms with Crippen molar-refractivity contribution in [1.29, 1.82) is 0 Å². The highest BCUT2D eigenvalue weighted by Gasteiger charge is 1.78. The highest BCUT2D eigenvalue weighted by atomic mass is 15.4. The Balaban J connectivity index is 3.35. The Labute approximate surface area is 50.5 Å². The van der Waals surface area contributed by atoms with E-state index in [0.717, 1.165) is 6.54 Å². The minimum atomic E-state index is 0.935. The highest BCUT2D eigenvalue weighted by Crippen LogP contribution is 1.77. The van der Waals surface area contributed by atoms with Crippen molar-refractivity contribution in [3.8, 4) is 0 Å². The van der Waals surface area contributed by atoms with Gasteiger partial charge in [-0.05, 0) is 13.0 Å². The molecule has 0 bridgehead atoms. The second-order valence-electron chi connectivity index (χ2n) is 1.47. The molecule has 0 aliphatic heterocycles. The number of rotatable bonds is 3. The van der Waals surface area contributed by atoms with Crippen molar-refractivity contribution >= 4 is 6.21 Å². The molecule has 0 atom stereocenters. The van der Waals surface area contributed by atoms with Gasteiger partial charge >= 0.3 is 0 Å². The zero-order chi connectivity index (χ0) is 6.41. The summed E-state index contributed by atoms with van der Waals surface area (Å²) in [6.07, 6.45) is 3.33. The summed E-state index contributed by atoms with van der Waals surface area (Å²) in [5, 5.41) is 5.79. The van der Waals surface area contributed by atoms with Crippen LogP contribution in [0.2, 0.25) is 0 Å². The monoisotopic (exact) mass is 112 g/mol.